The molecular formula is C20H23N5O. The molecule has 0 bridgehead atoms. The summed E-state index contributed by atoms with van der Waals surface area (Å²) in [6.45, 7) is 8.02. The number of morpholine rings is 1. The lowest BCUT2D eigenvalue weighted by Crippen LogP contribution is -2.37. The second-order valence-electron chi connectivity index (χ2n) is 6.67. The number of hydrogen-bond donors (Lipinski definition) is 0. The molecule has 0 N–H and O–H groups in total. The first-order valence-corrected chi connectivity index (χ1v) is 8.96. The van der Waals surface area contributed by atoms with E-state index in [0.717, 1.165) is 37.7 Å². The first-order valence-electron chi connectivity index (χ1n) is 8.96. The predicted octanol–water partition coefficient (Wildman–Crippen LogP) is 3.03. The van der Waals surface area contributed by atoms with E-state index >= 15 is 0 Å². The van der Waals surface area contributed by atoms with Gasteiger partial charge in [0.15, 0.2) is 0 Å². The van der Waals surface area contributed by atoms with Crippen LogP contribution in [0.2, 0.25) is 0 Å². The molecular weight excluding hydrogens is 326 g/mol. The summed E-state index contributed by atoms with van der Waals surface area (Å²) in [6.07, 6.45) is 5.23. The lowest BCUT2D eigenvalue weighted by atomic mass is 9.99. The number of ether oxygens (including phenoxy) is 1. The molecule has 1 aliphatic heterocycles. The summed E-state index contributed by atoms with van der Waals surface area (Å²) in [5, 5.41) is 7.67. The summed E-state index contributed by atoms with van der Waals surface area (Å²) in [6, 6.07) is 11.3. The van der Waals surface area contributed by atoms with Gasteiger partial charge in [0.25, 0.3) is 0 Å². The summed E-state index contributed by atoms with van der Waals surface area (Å²) in [5.41, 5.74) is 4.84. The second-order valence-corrected chi connectivity index (χ2v) is 6.67. The summed E-state index contributed by atoms with van der Waals surface area (Å²) >= 11 is 0. The third kappa shape index (κ3) is 3.38. The van der Waals surface area contributed by atoms with Crippen LogP contribution in [0, 0.1) is 6.92 Å². The van der Waals surface area contributed by atoms with Gasteiger partial charge in [0.05, 0.1) is 13.2 Å². The van der Waals surface area contributed by atoms with Crippen molar-refractivity contribution in [3.8, 4) is 16.9 Å². The molecule has 6 heteroatoms. The van der Waals surface area contributed by atoms with Gasteiger partial charge in [0.1, 0.15) is 18.5 Å². The van der Waals surface area contributed by atoms with Gasteiger partial charge in [-0.1, -0.05) is 24.3 Å². The van der Waals surface area contributed by atoms with Crippen molar-refractivity contribution in [1.29, 1.82) is 0 Å². The Kier molecular flexibility index (Phi) is 4.77. The van der Waals surface area contributed by atoms with Gasteiger partial charge in [0.2, 0.25) is 0 Å². The van der Waals surface area contributed by atoms with Crippen molar-refractivity contribution in [1.82, 2.24) is 24.6 Å². The van der Waals surface area contributed by atoms with Gasteiger partial charge in [0, 0.05) is 30.9 Å². The van der Waals surface area contributed by atoms with Crippen LogP contribution in [-0.4, -0.2) is 51.0 Å². The molecule has 0 radical (unpaired) electrons. The molecule has 0 spiro atoms. The van der Waals surface area contributed by atoms with Crippen LogP contribution < -0.4 is 0 Å². The molecule has 0 aliphatic carbocycles. The maximum Gasteiger partial charge on any atom is 0.139 e. The van der Waals surface area contributed by atoms with Crippen molar-refractivity contribution in [2.24, 2.45) is 0 Å². The number of hydrogen-bond acceptors (Lipinski definition) is 5. The van der Waals surface area contributed by atoms with Gasteiger partial charge in [-0.3, -0.25) is 9.47 Å². The van der Waals surface area contributed by atoms with E-state index in [9.17, 15) is 0 Å². The van der Waals surface area contributed by atoms with Crippen LogP contribution in [0.4, 0.5) is 0 Å². The van der Waals surface area contributed by atoms with Crippen LogP contribution in [0.25, 0.3) is 16.9 Å². The van der Waals surface area contributed by atoms with Crippen LogP contribution in [0.15, 0.2) is 49.2 Å². The zero-order valence-corrected chi connectivity index (χ0v) is 15.2. The van der Waals surface area contributed by atoms with Crippen LogP contribution in [-0.2, 0) is 4.74 Å². The molecule has 1 fully saturated rings. The highest BCUT2D eigenvalue weighted by Crippen LogP contribution is 2.27. The summed E-state index contributed by atoms with van der Waals surface area (Å²) in [5.74, 6) is 0.828. The quantitative estimate of drug-likeness (QED) is 0.725. The van der Waals surface area contributed by atoms with E-state index in [-0.39, 0.29) is 0 Å². The van der Waals surface area contributed by atoms with Gasteiger partial charge in [-0.15, -0.1) is 10.2 Å². The van der Waals surface area contributed by atoms with E-state index in [1.165, 1.54) is 16.7 Å². The van der Waals surface area contributed by atoms with Crippen molar-refractivity contribution in [2.45, 2.75) is 19.9 Å². The zero-order valence-electron chi connectivity index (χ0n) is 15.2. The molecule has 134 valence electrons. The lowest BCUT2D eigenvalue weighted by molar-refractivity contribution is 0.0198. The first-order chi connectivity index (χ1) is 12.7. The second kappa shape index (κ2) is 7.35. The average molecular weight is 349 g/mol. The minimum Gasteiger partial charge on any atom is -0.379 e. The Morgan fingerprint density at radius 3 is 2.38 bits per heavy atom. The number of nitrogens with zero attached hydrogens (tertiary/aromatic N) is 5. The highest BCUT2D eigenvalue weighted by atomic mass is 16.5. The van der Waals surface area contributed by atoms with Crippen LogP contribution in [0.5, 0.6) is 0 Å². The summed E-state index contributed by atoms with van der Waals surface area (Å²) < 4.78 is 7.26. The lowest BCUT2D eigenvalue weighted by Gasteiger charge is -2.32. The Morgan fingerprint density at radius 1 is 1.04 bits per heavy atom. The third-order valence-corrected chi connectivity index (χ3v) is 5.08. The minimum atomic E-state index is 0.406. The molecule has 1 saturated heterocycles. The van der Waals surface area contributed by atoms with Crippen molar-refractivity contribution in [3.05, 3.63) is 60.3 Å². The van der Waals surface area contributed by atoms with E-state index in [2.05, 4.69) is 64.3 Å². The maximum absolute atomic E-state index is 5.45. The third-order valence-electron chi connectivity index (χ3n) is 5.08. The normalized spacial score (nSPS) is 16.5. The minimum absolute atomic E-state index is 0.406. The van der Waals surface area contributed by atoms with E-state index in [4.69, 9.17) is 4.74 Å². The summed E-state index contributed by atoms with van der Waals surface area (Å²) in [7, 11) is 0. The van der Waals surface area contributed by atoms with Crippen LogP contribution in [0.3, 0.4) is 0 Å². The monoisotopic (exact) mass is 349 g/mol. The van der Waals surface area contributed by atoms with E-state index < -0.39 is 0 Å². The van der Waals surface area contributed by atoms with Crippen LogP contribution in [0.1, 0.15) is 24.1 Å². The van der Waals surface area contributed by atoms with Gasteiger partial charge in [-0.05, 0) is 36.6 Å². The predicted molar refractivity (Wildman–Crippen MR) is 100 cm³/mol. The maximum atomic E-state index is 5.45. The van der Waals surface area contributed by atoms with E-state index in [0.29, 0.717) is 6.04 Å². The molecule has 6 nitrogen and oxygen atoms in total. The SMILES string of the molecule is Cc1cc(-n2cnnc2)ncc1-c1ccc([C@H](C)N2CCOCC2)cc1. The Morgan fingerprint density at radius 2 is 1.73 bits per heavy atom. The van der Waals surface area contributed by atoms with Crippen LogP contribution >= 0.6 is 0 Å². The largest absolute Gasteiger partial charge is 0.379 e. The van der Waals surface area contributed by atoms with Gasteiger partial charge >= 0.3 is 0 Å². The molecule has 0 saturated carbocycles. The van der Waals surface area contributed by atoms with E-state index in [1.807, 2.05) is 10.8 Å². The first kappa shape index (κ1) is 16.9. The molecule has 0 amide bonds. The molecule has 3 aromatic rings. The molecule has 3 heterocycles. The topological polar surface area (TPSA) is 56.1 Å². The number of benzene rings is 1. The fourth-order valence-electron chi connectivity index (χ4n) is 3.42. The van der Waals surface area contributed by atoms with Gasteiger partial charge in [-0.2, -0.15) is 0 Å². The highest BCUT2D eigenvalue weighted by molar-refractivity contribution is 5.67. The molecule has 26 heavy (non-hydrogen) atoms. The Bertz CT molecular complexity index is 854. The van der Waals surface area contributed by atoms with E-state index in [1.54, 1.807) is 12.7 Å². The number of aromatic nitrogens is 4. The Labute approximate surface area is 153 Å². The van der Waals surface area contributed by atoms with Gasteiger partial charge in [-0.25, -0.2) is 4.98 Å². The number of rotatable bonds is 4. The van der Waals surface area contributed by atoms with Crippen molar-refractivity contribution in [2.75, 3.05) is 26.3 Å². The molecule has 1 aromatic carbocycles. The number of pyridine rings is 1. The Hall–Kier alpha value is -2.57. The van der Waals surface area contributed by atoms with Crippen molar-refractivity contribution in [3.63, 3.8) is 0 Å². The molecule has 2 aromatic heterocycles. The summed E-state index contributed by atoms with van der Waals surface area (Å²) in [4.78, 5) is 7.02. The fourth-order valence-corrected chi connectivity index (χ4v) is 3.42. The average Bonchev–Trinajstić information content (AvgIpc) is 3.23. The molecule has 0 unspecified atom stereocenters. The molecule has 1 atom stereocenters. The van der Waals surface area contributed by atoms with Gasteiger partial charge < -0.3 is 4.74 Å². The smallest absolute Gasteiger partial charge is 0.139 e. The zero-order chi connectivity index (χ0) is 17.9. The standard InChI is InChI=1S/C20H23N5O/c1-15-11-20(25-13-22-23-14-25)21-12-19(15)18-5-3-17(4-6-18)16(2)24-7-9-26-10-8-24/h3-6,11-14,16H,7-10H2,1-2H3/t16-/m0/s1. The number of aryl methyl sites for hydroxylation is 1. The fraction of sp³-hybridized carbons (Fsp3) is 0.350. The highest BCUT2D eigenvalue weighted by Gasteiger charge is 2.18. The molecule has 1 aliphatic rings. The van der Waals surface area contributed by atoms with Crippen molar-refractivity contribution >= 4 is 0 Å². The van der Waals surface area contributed by atoms with Crippen molar-refractivity contribution < 1.29 is 4.74 Å². The molecule has 4 rings (SSSR count). The Balaban J connectivity index is 1.55.